The Hall–Kier alpha value is -2.19. The highest BCUT2D eigenvalue weighted by atomic mass is 16.7. The van der Waals surface area contributed by atoms with Crippen LogP contribution >= 0.6 is 0 Å². The minimum atomic E-state index is -2.08. The van der Waals surface area contributed by atoms with Gasteiger partial charge in [-0.15, -0.1) is 0 Å². The third kappa shape index (κ3) is 2.49. The summed E-state index contributed by atoms with van der Waals surface area (Å²) in [4.78, 5) is 36.7. The summed E-state index contributed by atoms with van der Waals surface area (Å²) < 4.78 is 22.9. The molecule has 8 nitrogen and oxygen atoms in total. The van der Waals surface area contributed by atoms with Crippen LogP contribution in [0.1, 0.15) is 54.4 Å². The summed E-state index contributed by atoms with van der Waals surface area (Å²) in [5, 5.41) is 11.5. The number of epoxide rings is 1. The van der Waals surface area contributed by atoms with Crippen molar-refractivity contribution < 1.29 is 38.4 Å². The van der Waals surface area contributed by atoms with Crippen LogP contribution in [0.2, 0.25) is 0 Å². The number of rotatable bonds is 3. The lowest BCUT2D eigenvalue weighted by Crippen LogP contribution is -2.69. The van der Waals surface area contributed by atoms with E-state index in [0.29, 0.717) is 29.6 Å². The summed E-state index contributed by atoms with van der Waals surface area (Å²) in [6, 6.07) is 0. The van der Waals surface area contributed by atoms with E-state index in [0.717, 1.165) is 0 Å². The van der Waals surface area contributed by atoms with Gasteiger partial charge in [-0.2, -0.15) is 0 Å². The Morgan fingerprint density at radius 3 is 2.53 bits per heavy atom. The molecule has 0 aromatic carbocycles. The third-order valence-corrected chi connectivity index (χ3v) is 7.69. The lowest BCUT2D eigenvalue weighted by molar-refractivity contribution is -0.266. The summed E-state index contributed by atoms with van der Waals surface area (Å²) in [6.07, 6.45) is 0.305. The second-order valence-corrected chi connectivity index (χ2v) is 9.11. The fourth-order valence-corrected chi connectivity index (χ4v) is 5.59. The molecular weight excluding hydrogens is 392 g/mol. The fraction of sp³-hybridized carbons (Fsp3) is 0.682. The van der Waals surface area contributed by atoms with Gasteiger partial charge in [0, 0.05) is 41.4 Å². The van der Waals surface area contributed by atoms with Crippen molar-refractivity contribution in [1.82, 2.24) is 0 Å². The van der Waals surface area contributed by atoms with E-state index in [1.165, 1.54) is 6.92 Å². The van der Waals surface area contributed by atoms with Crippen LogP contribution < -0.4 is 0 Å². The maximum Gasteiger partial charge on any atom is 0.336 e. The molecule has 0 aromatic rings. The number of ether oxygens (including phenoxy) is 4. The number of hydrogen-bond donors (Lipinski definition) is 1. The number of hydrogen-bond acceptors (Lipinski definition) is 8. The van der Waals surface area contributed by atoms with Crippen molar-refractivity contribution in [2.45, 2.75) is 84.1 Å². The number of carbonyl (C=O) groups excluding carboxylic acids is 3. The summed E-state index contributed by atoms with van der Waals surface area (Å²) in [6.45, 7) is 10.2. The maximum atomic E-state index is 12.7. The quantitative estimate of drug-likeness (QED) is 0.319. The van der Waals surface area contributed by atoms with E-state index in [1.54, 1.807) is 26.8 Å². The lowest BCUT2D eigenvalue weighted by Gasteiger charge is -2.55. The van der Waals surface area contributed by atoms with Gasteiger partial charge in [-0.1, -0.05) is 19.9 Å². The van der Waals surface area contributed by atoms with Crippen molar-refractivity contribution in [2.24, 2.45) is 11.3 Å². The van der Waals surface area contributed by atoms with Gasteiger partial charge in [0.1, 0.15) is 11.7 Å². The molecule has 0 amide bonds. The zero-order valence-corrected chi connectivity index (χ0v) is 18.1. The zero-order chi connectivity index (χ0) is 22.2. The van der Waals surface area contributed by atoms with Crippen LogP contribution in [-0.2, 0) is 33.3 Å². The molecule has 4 aliphatic rings. The molecule has 0 bridgehead atoms. The van der Waals surface area contributed by atoms with Crippen LogP contribution in [0, 0.1) is 11.3 Å². The second kappa shape index (κ2) is 6.40. The smallest absolute Gasteiger partial charge is 0.336 e. The van der Waals surface area contributed by atoms with Gasteiger partial charge in [0.2, 0.25) is 6.10 Å². The largest absolute Gasteiger partial charge is 0.462 e. The Kier molecular flexibility index (Phi) is 4.50. The Morgan fingerprint density at radius 2 is 1.93 bits per heavy atom. The molecule has 30 heavy (non-hydrogen) atoms. The van der Waals surface area contributed by atoms with Crippen molar-refractivity contribution in [2.75, 3.05) is 0 Å². The predicted octanol–water partition coefficient (Wildman–Crippen LogP) is 1.95. The SMILES string of the molecule is C/C=C(/C)C(=O)O[C@@H]1[C@@]23O[C@@H]2C[C@H](OC(C)=O)[C@H](C)[C@@]3(C)CC2=C(C)C(=O)O[C@@]21O. The van der Waals surface area contributed by atoms with Gasteiger partial charge in [0.15, 0.2) is 0 Å². The van der Waals surface area contributed by atoms with Gasteiger partial charge in [0.25, 0.3) is 5.79 Å². The highest BCUT2D eigenvalue weighted by Crippen LogP contribution is 2.71. The molecule has 2 aliphatic heterocycles. The van der Waals surface area contributed by atoms with Crippen molar-refractivity contribution in [3.05, 3.63) is 22.8 Å². The molecule has 2 saturated carbocycles. The normalized spacial score (nSPS) is 44.5. The van der Waals surface area contributed by atoms with E-state index >= 15 is 0 Å². The van der Waals surface area contributed by atoms with Crippen LogP contribution in [0.3, 0.4) is 0 Å². The van der Waals surface area contributed by atoms with Crippen molar-refractivity contribution in [3.63, 3.8) is 0 Å². The van der Waals surface area contributed by atoms with Gasteiger partial charge >= 0.3 is 17.9 Å². The number of allylic oxidation sites excluding steroid dienone is 1. The molecule has 8 heteroatoms. The van der Waals surface area contributed by atoms with Crippen LogP contribution in [0.15, 0.2) is 22.8 Å². The monoisotopic (exact) mass is 420 g/mol. The molecular formula is C22H28O8. The van der Waals surface area contributed by atoms with Gasteiger partial charge < -0.3 is 24.1 Å². The second-order valence-electron chi connectivity index (χ2n) is 9.11. The molecule has 2 heterocycles. The van der Waals surface area contributed by atoms with Crippen molar-refractivity contribution in [3.8, 4) is 0 Å². The first kappa shape index (κ1) is 21.1. The molecule has 0 radical (unpaired) electrons. The first-order chi connectivity index (χ1) is 13.9. The lowest BCUT2D eigenvalue weighted by atomic mass is 9.51. The van der Waals surface area contributed by atoms with E-state index in [1.807, 2.05) is 13.8 Å². The van der Waals surface area contributed by atoms with E-state index in [9.17, 15) is 19.5 Å². The van der Waals surface area contributed by atoms with Crippen LogP contribution in [-0.4, -0.2) is 52.7 Å². The van der Waals surface area contributed by atoms with Crippen molar-refractivity contribution in [1.29, 1.82) is 0 Å². The molecule has 7 atom stereocenters. The van der Waals surface area contributed by atoms with Gasteiger partial charge in [0.05, 0.1) is 6.10 Å². The Balaban J connectivity index is 1.82. The Bertz CT molecular complexity index is 903. The number of fused-ring (bicyclic) bond motifs is 1. The molecule has 0 unspecified atom stereocenters. The van der Waals surface area contributed by atoms with Crippen LogP contribution in [0.25, 0.3) is 0 Å². The molecule has 1 saturated heterocycles. The van der Waals surface area contributed by atoms with Gasteiger partial charge in [-0.25, -0.2) is 9.59 Å². The predicted molar refractivity (Wildman–Crippen MR) is 103 cm³/mol. The number of esters is 3. The van der Waals surface area contributed by atoms with Crippen LogP contribution in [0.5, 0.6) is 0 Å². The molecule has 1 N–H and O–H groups in total. The third-order valence-electron chi connectivity index (χ3n) is 7.69. The van der Waals surface area contributed by atoms with E-state index < -0.39 is 40.9 Å². The standard InChI is InChI=1S/C22H28O8/c1-7-10(2)17(24)28-19-21-16(29-21)8-15(27-13(5)23)12(4)20(21,6)9-14-11(3)18(25)30-22(14,19)26/h7,12,15-16,19,26H,8-9H2,1-6H3/b10-7-/t12-,15-,16+,19+,20+,21-,22-/m0/s1. The minimum Gasteiger partial charge on any atom is -0.462 e. The van der Waals surface area contributed by atoms with Gasteiger partial charge in [-0.05, 0) is 27.2 Å². The van der Waals surface area contributed by atoms with E-state index in [2.05, 4.69) is 0 Å². The first-order valence-corrected chi connectivity index (χ1v) is 10.3. The summed E-state index contributed by atoms with van der Waals surface area (Å²) >= 11 is 0. The topological polar surface area (TPSA) is 112 Å². The molecule has 4 rings (SSSR count). The van der Waals surface area contributed by atoms with E-state index in [-0.39, 0.29) is 18.0 Å². The highest BCUT2D eigenvalue weighted by molar-refractivity contribution is 5.93. The minimum absolute atomic E-state index is 0.176. The molecule has 0 aromatic heterocycles. The maximum absolute atomic E-state index is 12.7. The summed E-state index contributed by atoms with van der Waals surface area (Å²) in [7, 11) is 0. The molecule has 1 spiro atoms. The number of aliphatic hydroxyl groups is 1. The summed E-state index contributed by atoms with van der Waals surface area (Å²) in [5.74, 6) is -3.88. The van der Waals surface area contributed by atoms with Crippen LogP contribution in [0.4, 0.5) is 0 Å². The van der Waals surface area contributed by atoms with Gasteiger partial charge in [-0.3, -0.25) is 4.79 Å². The Morgan fingerprint density at radius 1 is 1.27 bits per heavy atom. The highest BCUT2D eigenvalue weighted by Gasteiger charge is 2.84. The average molecular weight is 420 g/mol. The first-order valence-electron chi connectivity index (χ1n) is 10.3. The fourth-order valence-electron chi connectivity index (χ4n) is 5.59. The summed E-state index contributed by atoms with van der Waals surface area (Å²) in [5.41, 5.74) is -0.650. The molecule has 2 aliphatic carbocycles. The molecule has 164 valence electrons. The molecule has 3 fully saturated rings. The number of carbonyl (C=O) groups is 3. The zero-order valence-electron chi connectivity index (χ0n) is 18.1. The Labute approximate surface area is 175 Å². The average Bonchev–Trinajstić information content (AvgIpc) is 3.35. The van der Waals surface area contributed by atoms with Crippen molar-refractivity contribution >= 4 is 17.9 Å². The van der Waals surface area contributed by atoms with E-state index in [4.69, 9.17) is 18.9 Å².